The van der Waals surface area contributed by atoms with Crippen LogP contribution < -0.4 is 5.32 Å². The lowest BCUT2D eigenvalue weighted by Gasteiger charge is -2.34. The molecule has 6 heteroatoms. The SMILES string of the molecule is O=C(NC[C@@H](c1ccccn1)N1CCOCC1)c1csc2c1CCCC2. The predicted molar refractivity (Wildman–Crippen MR) is 103 cm³/mol. The first-order valence-corrected chi connectivity index (χ1v) is 10.3. The van der Waals surface area contributed by atoms with Gasteiger partial charge in [-0.1, -0.05) is 6.07 Å². The number of nitrogens with zero attached hydrogens (tertiary/aromatic N) is 2. The second kappa shape index (κ2) is 8.29. The van der Waals surface area contributed by atoms with Gasteiger partial charge in [0.2, 0.25) is 0 Å². The summed E-state index contributed by atoms with van der Waals surface area (Å²) in [6.07, 6.45) is 6.41. The molecule has 138 valence electrons. The Bertz CT molecular complexity index is 741. The number of aryl methyl sites for hydroxylation is 1. The van der Waals surface area contributed by atoms with Crippen molar-refractivity contribution in [3.05, 3.63) is 51.5 Å². The number of pyridine rings is 1. The zero-order valence-electron chi connectivity index (χ0n) is 14.9. The van der Waals surface area contributed by atoms with Gasteiger partial charge in [0.25, 0.3) is 5.91 Å². The van der Waals surface area contributed by atoms with Gasteiger partial charge in [-0.25, -0.2) is 0 Å². The van der Waals surface area contributed by atoms with Gasteiger partial charge in [-0.15, -0.1) is 11.3 Å². The number of hydrogen-bond acceptors (Lipinski definition) is 5. The minimum absolute atomic E-state index is 0.0543. The molecular formula is C20H25N3O2S. The molecule has 1 N–H and O–H groups in total. The van der Waals surface area contributed by atoms with E-state index >= 15 is 0 Å². The molecule has 0 saturated carbocycles. The third kappa shape index (κ3) is 3.82. The first-order valence-electron chi connectivity index (χ1n) is 9.43. The van der Waals surface area contributed by atoms with Gasteiger partial charge in [0.1, 0.15) is 0 Å². The molecule has 0 radical (unpaired) electrons. The molecule has 0 unspecified atom stereocenters. The number of rotatable bonds is 5. The summed E-state index contributed by atoms with van der Waals surface area (Å²) in [4.78, 5) is 21.1. The Morgan fingerprint density at radius 1 is 1.27 bits per heavy atom. The van der Waals surface area contributed by atoms with Crippen molar-refractivity contribution < 1.29 is 9.53 Å². The summed E-state index contributed by atoms with van der Waals surface area (Å²) in [6.45, 7) is 3.76. The van der Waals surface area contributed by atoms with E-state index in [4.69, 9.17) is 4.74 Å². The highest BCUT2D eigenvalue weighted by atomic mass is 32.1. The molecule has 3 heterocycles. The third-order valence-corrected chi connectivity index (χ3v) is 6.37. The van der Waals surface area contributed by atoms with Crippen LogP contribution in [-0.4, -0.2) is 48.6 Å². The van der Waals surface area contributed by atoms with Crippen molar-refractivity contribution in [3.8, 4) is 0 Å². The van der Waals surface area contributed by atoms with Crippen molar-refractivity contribution in [3.63, 3.8) is 0 Å². The maximum absolute atomic E-state index is 12.8. The molecule has 2 aromatic rings. The number of morpholine rings is 1. The van der Waals surface area contributed by atoms with Gasteiger partial charge in [0.15, 0.2) is 0 Å². The Morgan fingerprint density at radius 2 is 2.12 bits per heavy atom. The number of aromatic nitrogens is 1. The highest BCUT2D eigenvalue weighted by Crippen LogP contribution is 2.30. The van der Waals surface area contributed by atoms with Gasteiger partial charge in [-0.3, -0.25) is 14.7 Å². The van der Waals surface area contributed by atoms with Crippen LogP contribution >= 0.6 is 11.3 Å². The highest BCUT2D eigenvalue weighted by molar-refractivity contribution is 7.10. The van der Waals surface area contributed by atoms with Crippen LogP contribution in [0.5, 0.6) is 0 Å². The van der Waals surface area contributed by atoms with Crippen LogP contribution in [0.2, 0.25) is 0 Å². The smallest absolute Gasteiger partial charge is 0.252 e. The summed E-state index contributed by atoms with van der Waals surface area (Å²) in [5.41, 5.74) is 3.16. The first-order chi connectivity index (χ1) is 12.8. The van der Waals surface area contributed by atoms with Crippen molar-refractivity contribution >= 4 is 17.2 Å². The number of amides is 1. The van der Waals surface area contributed by atoms with E-state index in [0.29, 0.717) is 6.54 Å². The summed E-state index contributed by atoms with van der Waals surface area (Å²) in [6, 6.07) is 6.06. The highest BCUT2D eigenvalue weighted by Gasteiger charge is 2.25. The lowest BCUT2D eigenvalue weighted by atomic mass is 9.95. The lowest BCUT2D eigenvalue weighted by Crippen LogP contribution is -2.44. The monoisotopic (exact) mass is 371 g/mol. The van der Waals surface area contributed by atoms with E-state index in [1.54, 1.807) is 11.3 Å². The van der Waals surface area contributed by atoms with Gasteiger partial charge < -0.3 is 10.1 Å². The van der Waals surface area contributed by atoms with Gasteiger partial charge in [0, 0.05) is 36.1 Å². The number of thiophene rings is 1. The number of ether oxygens (including phenoxy) is 1. The fourth-order valence-corrected chi connectivity index (χ4v) is 4.98. The lowest BCUT2D eigenvalue weighted by molar-refractivity contribution is 0.0154. The molecule has 1 fully saturated rings. The summed E-state index contributed by atoms with van der Waals surface area (Å²) >= 11 is 1.74. The molecule has 1 aliphatic heterocycles. The van der Waals surface area contributed by atoms with Gasteiger partial charge >= 0.3 is 0 Å². The normalized spacial score (nSPS) is 18.9. The topological polar surface area (TPSA) is 54.5 Å². The number of carbonyl (C=O) groups excluding carboxylic acids is 1. The molecule has 2 aromatic heterocycles. The number of carbonyl (C=O) groups is 1. The molecular weight excluding hydrogens is 346 g/mol. The molecule has 2 aliphatic rings. The average Bonchev–Trinajstić information content (AvgIpc) is 3.14. The molecule has 1 saturated heterocycles. The third-order valence-electron chi connectivity index (χ3n) is 5.28. The van der Waals surface area contributed by atoms with E-state index < -0.39 is 0 Å². The zero-order valence-corrected chi connectivity index (χ0v) is 15.8. The largest absolute Gasteiger partial charge is 0.379 e. The van der Waals surface area contributed by atoms with E-state index in [-0.39, 0.29) is 11.9 Å². The predicted octanol–water partition coefficient (Wildman–Crippen LogP) is 2.83. The fourth-order valence-electron chi connectivity index (χ4n) is 3.85. The van der Waals surface area contributed by atoms with Gasteiger partial charge in [-0.05, 0) is 43.4 Å². The molecule has 0 spiro atoms. The quantitative estimate of drug-likeness (QED) is 0.878. The van der Waals surface area contributed by atoms with E-state index in [0.717, 1.165) is 50.4 Å². The summed E-state index contributed by atoms with van der Waals surface area (Å²) < 4.78 is 5.48. The fraction of sp³-hybridized carbons (Fsp3) is 0.500. The van der Waals surface area contributed by atoms with E-state index in [2.05, 4.69) is 15.2 Å². The Labute approximate surface area is 158 Å². The standard InChI is InChI=1S/C20H25N3O2S/c24-20(16-14-26-19-7-2-1-5-15(16)19)22-13-18(17-6-3-4-8-21-17)23-9-11-25-12-10-23/h3-4,6,8,14,18H,1-2,5,7,9-13H2,(H,22,24)/t18-/m0/s1. The minimum atomic E-state index is 0.0543. The Balaban J connectivity index is 1.47. The van der Waals surface area contributed by atoms with E-state index in [9.17, 15) is 4.79 Å². The second-order valence-electron chi connectivity index (χ2n) is 6.89. The molecule has 26 heavy (non-hydrogen) atoms. The molecule has 1 amide bonds. The molecule has 1 aliphatic carbocycles. The second-order valence-corrected chi connectivity index (χ2v) is 7.85. The number of hydrogen-bond donors (Lipinski definition) is 1. The summed E-state index contributed by atoms with van der Waals surface area (Å²) in [7, 11) is 0. The van der Waals surface area contributed by atoms with Crippen LogP contribution in [0.3, 0.4) is 0 Å². The van der Waals surface area contributed by atoms with Crippen molar-refractivity contribution in [1.29, 1.82) is 0 Å². The molecule has 4 rings (SSSR count). The van der Waals surface area contributed by atoms with Crippen LogP contribution in [-0.2, 0) is 17.6 Å². The Kier molecular flexibility index (Phi) is 5.62. The molecule has 5 nitrogen and oxygen atoms in total. The van der Waals surface area contributed by atoms with Crippen molar-refractivity contribution in [1.82, 2.24) is 15.2 Å². The average molecular weight is 372 g/mol. The first kappa shape index (κ1) is 17.6. The maximum Gasteiger partial charge on any atom is 0.252 e. The van der Waals surface area contributed by atoms with Crippen LogP contribution in [0.15, 0.2) is 29.8 Å². The Hall–Kier alpha value is -1.76. The number of fused-ring (bicyclic) bond motifs is 1. The molecule has 1 atom stereocenters. The number of nitrogens with one attached hydrogen (secondary N) is 1. The molecule has 0 bridgehead atoms. The van der Waals surface area contributed by atoms with Crippen molar-refractivity contribution in [2.45, 2.75) is 31.7 Å². The van der Waals surface area contributed by atoms with Crippen LogP contribution in [0, 0.1) is 0 Å². The zero-order chi connectivity index (χ0) is 17.8. The molecule has 0 aromatic carbocycles. The van der Waals surface area contributed by atoms with E-state index in [1.165, 1.54) is 23.3 Å². The maximum atomic E-state index is 12.8. The van der Waals surface area contributed by atoms with Crippen LogP contribution in [0.25, 0.3) is 0 Å². The Morgan fingerprint density at radius 3 is 2.92 bits per heavy atom. The van der Waals surface area contributed by atoms with Gasteiger partial charge in [-0.2, -0.15) is 0 Å². The van der Waals surface area contributed by atoms with Crippen LogP contribution in [0.4, 0.5) is 0 Å². The summed E-state index contributed by atoms with van der Waals surface area (Å²) in [5, 5.41) is 5.21. The summed E-state index contributed by atoms with van der Waals surface area (Å²) in [5.74, 6) is 0.0543. The van der Waals surface area contributed by atoms with Crippen molar-refractivity contribution in [2.24, 2.45) is 0 Å². The van der Waals surface area contributed by atoms with Crippen molar-refractivity contribution in [2.75, 3.05) is 32.8 Å². The minimum Gasteiger partial charge on any atom is -0.379 e. The van der Waals surface area contributed by atoms with Crippen LogP contribution in [0.1, 0.15) is 45.4 Å². The van der Waals surface area contributed by atoms with Gasteiger partial charge in [0.05, 0.1) is 30.5 Å². The van der Waals surface area contributed by atoms with E-state index in [1.807, 2.05) is 29.8 Å².